The molecule has 1 N–H and O–H groups in total. The summed E-state index contributed by atoms with van der Waals surface area (Å²) in [4.78, 5) is 1.11. The summed E-state index contributed by atoms with van der Waals surface area (Å²) in [5.41, 5.74) is 5.37. The van der Waals surface area contributed by atoms with Crippen molar-refractivity contribution < 1.29 is 9.47 Å². The first-order valence-electron chi connectivity index (χ1n) is 8.96. The molecule has 4 aromatic rings. The number of ether oxygens (including phenoxy) is 2. The van der Waals surface area contributed by atoms with Gasteiger partial charge in [0.2, 0.25) is 5.82 Å². The first-order valence-corrected chi connectivity index (χ1v) is 9.74. The first kappa shape index (κ1) is 16.9. The molecule has 3 heterocycles. The van der Waals surface area contributed by atoms with Crippen molar-refractivity contribution in [3.8, 4) is 44.5 Å². The lowest BCUT2D eigenvalue weighted by molar-refractivity contribution is 0.269. The maximum Gasteiger partial charge on any atom is 0.204 e. The highest BCUT2D eigenvalue weighted by atomic mass is 32.1. The molecule has 0 aliphatic carbocycles. The third-order valence-corrected chi connectivity index (χ3v) is 5.67. The van der Waals surface area contributed by atoms with Gasteiger partial charge in [-0.15, -0.1) is 10.2 Å². The Labute approximate surface area is 165 Å². The van der Waals surface area contributed by atoms with Crippen molar-refractivity contribution in [2.75, 3.05) is 13.7 Å². The topological polar surface area (TPSA) is 85.8 Å². The number of fused-ring (bicyclic) bond motifs is 1. The number of nitrogens with zero attached hydrogens (tertiary/aromatic N) is 4. The summed E-state index contributed by atoms with van der Waals surface area (Å²) in [6.07, 6.45) is 3.92. The second-order valence-corrected chi connectivity index (χ2v) is 7.30. The highest BCUT2D eigenvalue weighted by Crippen LogP contribution is 2.43. The Kier molecular flexibility index (Phi) is 4.25. The predicted octanol–water partition coefficient (Wildman–Crippen LogP) is 3.99. The zero-order chi connectivity index (χ0) is 18.9. The zero-order valence-corrected chi connectivity index (χ0v) is 16.0. The Morgan fingerprint density at radius 3 is 2.75 bits per heavy atom. The second kappa shape index (κ2) is 7.05. The summed E-state index contributed by atoms with van der Waals surface area (Å²) >= 11 is 1.48. The van der Waals surface area contributed by atoms with Crippen LogP contribution >= 0.6 is 11.5 Å². The maximum absolute atomic E-state index is 5.82. The van der Waals surface area contributed by atoms with Gasteiger partial charge in [0.15, 0.2) is 11.5 Å². The summed E-state index contributed by atoms with van der Waals surface area (Å²) in [6.45, 7) is 0.737. The van der Waals surface area contributed by atoms with Crippen LogP contribution in [-0.2, 0) is 6.42 Å². The summed E-state index contributed by atoms with van der Waals surface area (Å²) in [6, 6.07) is 12.3. The number of tetrazole rings is 1. The van der Waals surface area contributed by atoms with Gasteiger partial charge >= 0.3 is 0 Å². The smallest absolute Gasteiger partial charge is 0.204 e. The van der Waals surface area contributed by atoms with Gasteiger partial charge in [0.25, 0.3) is 0 Å². The SMILES string of the molecule is COc1cc(-c2sncc2-c2ccc(-c3nn[nH]n3)cc2)cc2c1OCCC2. The number of nitrogens with one attached hydrogen (secondary N) is 1. The summed E-state index contributed by atoms with van der Waals surface area (Å²) < 4.78 is 15.9. The van der Waals surface area contributed by atoms with Gasteiger partial charge in [-0.25, -0.2) is 0 Å². The van der Waals surface area contributed by atoms with E-state index >= 15 is 0 Å². The van der Waals surface area contributed by atoms with Crippen LogP contribution in [0.4, 0.5) is 0 Å². The first-order chi connectivity index (χ1) is 13.8. The number of hydrogen-bond acceptors (Lipinski definition) is 7. The third kappa shape index (κ3) is 2.91. The number of rotatable bonds is 4. The van der Waals surface area contributed by atoms with Gasteiger partial charge < -0.3 is 9.47 Å². The summed E-state index contributed by atoms with van der Waals surface area (Å²) in [5, 5.41) is 14.1. The number of hydrogen-bond donors (Lipinski definition) is 1. The van der Waals surface area contributed by atoms with E-state index in [1.807, 2.05) is 24.4 Å². The van der Waals surface area contributed by atoms with Crippen LogP contribution in [0, 0.1) is 0 Å². The molecule has 0 spiro atoms. The van der Waals surface area contributed by atoms with E-state index in [1.165, 1.54) is 17.1 Å². The van der Waals surface area contributed by atoms with Gasteiger partial charge in [0.05, 0.1) is 18.6 Å². The highest BCUT2D eigenvalue weighted by Gasteiger charge is 2.20. The minimum atomic E-state index is 0.578. The van der Waals surface area contributed by atoms with Crippen molar-refractivity contribution in [1.29, 1.82) is 0 Å². The van der Waals surface area contributed by atoms with Crippen LogP contribution in [0.2, 0.25) is 0 Å². The van der Waals surface area contributed by atoms with E-state index < -0.39 is 0 Å². The van der Waals surface area contributed by atoms with Gasteiger partial charge in [0.1, 0.15) is 0 Å². The molecule has 2 aromatic heterocycles. The van der Waals surface area contributed by atoms with Crippen LogP contribution in [0.1, 0.15) is 12.0 Å². The maximum atomic E-state index is 5.82. The molecule has 0 unspecified atom stereocenters. The number of benzene rings is 2. The lowest BCUT2D eigenvalue weighted by Crippen LogP contribution is -2.09. The zero-order valence-electron chi connectivity index (χ0n) is 15.2. The number of aryl methyl sites for hydroxylation is 1. The van der Waals surface area contributed by atoms with E-state index in [2.05, 4.69) is 43.2 Å². The van der Waals surface area contributed by atoms with Crippen LogP contribution in [0.5, 0.6) is 11.5 Å². The lowest BCUT2D eigenvalue weighted by Gasteiger charge is -2.21. The summed E-state index contributed by atoms with van der Waals surface area (Å²) in [5.74, 6) is 2.22. The normalized spacial score (nSPS) is 13.0. The molecule has 0 bridgehead atoms. The average Bonchev–Trinajstić information content (AvgIpc) is 3.45. The second-order valence-electron chi connectivity index (χ2n) is 6.50. The van der Waals surface area contributed by atoms with Gasteiger partial charge in [-0.1, -0.05) is 24.3 Å². The Bertz CT molecular complexity index is 1090. The van der Waals surface area contributed by atoms with Crippen molar-refractivity contribution >= 4 is 11.5 Å². The molecule has 0 saturated carbocycles. The van der Waals surface area contributed by atoms with Crippen molar-refractivity contribution in [1.82, 2.24) is 25.0 Å². The monoisotopic (exact) mass is 391 g/mol. The van der Waals surface area contributed by atoms with Crippen molar-refractivity contribution in [3.05, 3.63) is 48.2 Å². The van der Waals surface area contributed by atoms with Crippen molar-refractivity contribution in [2.45, 2.75) is 12.8 Å². The van der Waals surface area contributed by atoms with Gasteiger partial charge in [0, 0.05) is 17.3 Å². The van der Waals surface area contributed by atoms with Gasteiger partial charge in [-0.05, 0) is 58.4 Å². The molecule has 2 aromatic carbocycles. The fourth-order valence-electron chi connectivity index (χ4n) is 3.47. The third-order valence-electron chi connectivity index (χ3n) is 4.82. The van der Waals surface area contributed by atoms with E-state index in [4.69, 9.17) is 9.47 Å². The van der Waals surface area contributed by atoms with E-state index in [1.54, 1.807) is 7.11 Å². The van der Waals surface area contributed by atoms with E-state index in [0.29, 0.717) is 5.82 Å². The highest BCUT2D eigenvalue weighted by molar-refractivity contribution is 7.10. The molecule has 8 heteroatoms. The van der Waals surface area contributed by atoms with E-state index in [9.17, 15) is 0 Å². The molecule has 140 valence electrons. The van der Waals surface area contributed by atoms with E-state index in [-0.39, 0.29) is 0 Å². The predicted molar refractivity (Wildman–Crippen MR) is 107 cm³/mol. The van der Waals surface area contributed by atoms with Crippen LogP contribution in [-0.4, -0.2) is 38.7 Å². The van der Waals surface area contributed by atoms with Gasteiger partial charge in [-0.3, -0.25) is 0 Å². The minimum Gasteiger partial charge on any atom is -0.493 e. The molecule has 28 heavy (non-hydrogen) atoms. The van der Waals surface area contributed by atoms with Crippen molar-refractivity contribution in [2.24, 2.45) is 0 Å². The van der Waals surface area contributed by atoms with Crippen molar-refractivity contribution in [3.63, 3.8) is 0 Å². The molecule has 1 aliphatic heterocycles. The van der Waals surface area contributed by atoms with Crippen LogP contribution in [0.25, 0.3) is 33.0 Å². The van der Waals surface area contributed by atoms with Crippen LogP contribution < -0.4 is 9.47 Å². The lowest BCUT2D eigenvalue weighted by atomic mass is 9.98. The number of H-pyrrole nitrogens is 1. The summed E-state index contributed by atoms with van der Waals surface area (Å²) in [7, 11) is 1.68. The molecule has 1 aliphatic rings. The molecule has 5 rings (SSSR count). The van der Waals surface area contributed by atoms with Gasteiger partial charge in [-0.2, -0.15) is 9.59 Å². The molecule has 0 radical (unpaired) electrons. The largest absolute Gasteiger partial charge is 0.493 e. The standard InChI is InChI=1S/C20H17N5O2S/c1-26-17-10-15(9-14-3-2-8-27-18(14)17)19-16(11-21-28-19)12-4-6-13(7-5-12)20-22-24-25-23-20/h4-7,9-11H,2-3,8H2,1H3,(H,22,23,24,25). The molecule has 7 nitrogen and oxygen atoms in total. The van der Waals surface area contributed by atoms with Crippen LogP contribution in [0.15, 0.2) is 42.6 Å². The fourth-order valence-corrected chi connectivity index (χ4v) is 4.22. The Hall–Kier alpha value is -3.26. The number of aromatic nitrogens is 5. The number of aromatic amines is 1. The quantitative estimate of drug-likeness (QED) is 0.566. The Morgan fingerprint density at radius 1 is 1.11 bits per heavy atom. The molecular formula is C20H17N5O2S. The molecular weight excluding hydrogens is 374 g/mol. The van der Waals surface area contributed by atoms with Crippen LogP contribution in [0.3, 0.4) is 0 Å². The fraction of sp³-hybridized carbons (Fsp3) is 0.200. The van der Waals surface area contributed by atoms with E-state index in [0.717, 1.165) is 58.1 Å². The average molecular weight is 391 g/mol. The molecule has 0 amide bonds. The molecule has 0 fully saturated rings. The number of methoxy groups -OCH3 is 1. The Balaban J connectivity index is 1.55. The Morgan fingerprint density at radius 2 is 1.96 bits per heavy atom. The minimum absolute atomic E-state index is 0.578. The molecule has 0 saturated heterocycles. The molecule has 0 atom stereocenters.